The molecule has 56 heavy (non-hydrogen) atoms. The molecule has 264 valence electrons. The summed E-state index contributed by atoms with van der Waals surface area (Å²) in [5.41, 5.74) is 12.6. The molecular weight excluding hydrogens is 738 g/mol. The van der Waals surface area contributed by atoms with Gasteiger partial charge in [0.25, 0.3) is 0 Å². The van der Waals surface area contributed by atoms with E-state index in [2.05, 4.69) is 97.1 Å². The number of nitrogens with zero attached hydrogens (tertiary/aromatic N) is 2. The fourth-order valence-corrected chi connectivity index (χ4v) is 7.95. The minimum Gasteiger partial charge on any atom is -0.507 e. The third-order valence-electron chi connectivity index (χ3n) is 10.4. The Morgan fingerprint density at radius 3 is 1.09 bits per heavy atom. The number of hydrogen-bond donors (Lipinski definition) is 2. The van der Waals surface area contributed by atoms with E-state index in [1.165, 1.54) is 22.3 Å². The molecule has 0 spiro atoms. The van der Waals surface area contributed by atoms with Gasteiger partial charge in [0.15, 0.2) is 0 Å². The SMILES string of the molecule is Oc1ccccc1C(=Nc1ccc(C2(c3ccc(N=C(c4ccccc4)c4ccccc4O)cc3)c3ccccc3-c3ccccc32)cc1)c1ccccc1.[Zn]. The third kappa shape index (κ3) is 6.47. The maximum atomic E-state index is 10.8. The summed E-state index contributed by atoms with van der Waals surface area (Å²) in [7, 11) is 0. The average Bonchev–Trinajstić information content (AvgIpc) is 3.55. The van der Waals surface area contributed by atoms with Gasteiger partial charge in [-0.3, -0.25) is 0 Å². The number of phenols is 2. The summed E-state index contributed by atoms with van der Waals surface area (Å²) in [4.78, 5) is 10.3. The molecular formula is C51H36N2O2Zn. The summed E-state index contributed by atoms with van der Waals surface area (Å²) in [6, 6.07) is 69.0. The zero-order valence-corrected chi connectivity index (χ0v) is 33.6. The van der Waals surface area contributed by atoms with Crippen molar-refractivity contribution in [3.05, 3.63) is 251 Å². The first kappa shape index (κ1) is 36.3. The van der Waals surface area contributed by atoms with Crippen LogP contribution in [0.1, 0.15) is 44.5 Å². The molecule has 0 radical (unpaired) electrons. The third-order valence-corrected chi connectivity index (χ3v) is 10.4. The zero-order valence-electron chi connectivity index (χ0n) is 30.6. The van der Waals surface area contributed by atoms with Crippen LogP contribution in [0.4, 0.5) is 11.4 Å². The number of rotatable bonds is 8. The van der Waals surface area contributed by atoms with E-state index in [9.17, 15) is 10.2 Å². The second-order valence-electron chi connectivity index (χ2n) is 13.6. The van der Waals surface area contributed by atoms with Gasteiger partial charge < -0.3 is 10.2 Å². The second kappa shape index (κ2) is 15.6. The van der Waals surface area contributed by atoms with Gasteiger partial charge in [0.2, 0.25) is 0 Å². The molecule has 4 nitrogen and oxygen atoms in total. The van der Waals surface area contributed by atoms with E-state index in [0.717, 1.165) is 33.6 Å². The van der Waals surface area contributed by atoms with Crippen LogP contribution < -0.4 is 0 Å². The van der Waals surface area contributed by atoms with E-state index in [-0.39, 0.29) is 31.0 Å². The van der Waals surface area contributed by atoms with Crippen molar-refractivity contribution >= 4 is 22.8 Å². The molecule has 8 aromatic carbocycles. The van der Waals surface area contributed by atoms with Gasteiger partial charge in [-0.1, -0.05) is 158 Å². The van der Waals surface area contributed by atoms with Crippen molar-refractivity contribution in [3.63, 3.8) is 0 Å². The fraction of sp³-hybridized carbons (Fsp3) is 0.0196. The molecule has 0 aromatic heterocycles. The molecule has 5 heteroatoms. The monoisotopic (exact) mass is 772 g/mol. The van der Waals surface area contributed by atoms with Crippen molar-refractivity contribution in [1.82, 2.24) is 0 Å². The Hall–Kier alpha value is -6.68. The van der Waals surface area contributed by atoms with Crippen LogP contribution in [0.3, 0.4) is 0 Å². The van der Waals surface area contributed by atoms with Crippen molar-refractivity contribution in [2.45, 2.75) is 5.41 Å². The minimum atomic E-state index is -0.614. The number of fused-ring (bicyclic) bond motifs is 3. The van der Waals surface area contributed by atoms with E-state index < -0.39 is 5.41 Å². The van der Waals surface area contributed by atoms with Gasteiger partial charge in [-0.2, -0.15) is 0 Å². The summed E-state index contributed by atoms with van der Waals surface area (Å²) >= 11 is 0. The van der Waals surface area contributed by atoms with Gasteiger partial charge in [-0.25, -0.2) is 9.98 Å². The van der Waals surface area contributed by atoms with Crippen LogP contribution in [-0.4, -0.2) is 21.6 Å². The van der Waals surface area contributed by atoms with Gasteiger partial charge >= 0.3 is 0 Å². The van der Waals surface area contributed by atoms with E-state index in [1.807, 2.05) is 97.1 Å². The van der Waals surface area contributed by atoms with Crippen LogP contribution >= 0.6 is 0 Å². The maximum absolute atomic E-state index is 10.8. The first-order chi connectivity index (χ1) is 27.1. The first-order valence-electron chi connectivity index (χ1n) is 18.4. The van der Waals surface area contributed by atoms with Crippen LogP contribution in [0, 0.1) is 0 Å². The number of aromatic hydroxyl groups is 2. The number of para-hydroxylation sites is 2. The summed E-state index contributed by atoms with van der Waals surface area (Å²) in [5.74, 6) is 0.369. The molecule has 0 heterocycles. The Morgan fingerprint density at radius 2 is 0.696 bits per heavy atom. The molecule has 0 bridgehead atoms. The number of hydrogen-bond acceptors (Lipinski definition) is 4. The second-order valence-corrected chi connectivity index (χ2v) is 13.6. The molecule has 2 N–H and O–H groups in total. The molecule has 0 atom stereocenters. The Bertz CT molecular complexity index is 2520. The van der Waals surface area contributed by atoms with E-state index in [1.54, 1.807) is 12.1 Å². The molecule has 0 aliphatic heterocycles. The molecule has 0 unspecified atom stereocenters. The zero-order chi connectivity index (χ0) is 37.2. The Labute approximate surface area is 339 Å². The van der Waals surface area contributed by atoms with Crippen molar-refractivity contribution in [2.75, 3.05) is 0 Å². The summed E-state index contributed by atoms with van der Waals surface area (Å²) in [5, 5.41) is 21.7. The summed E-state index contributed by atoms with van der Waals surface area (Å²) in [6.45, 7) is 0. The van der Waals surface area contributed by atoms with Gasteiger partial charge in [-0.15, -0.1) is 0 Å². The van der Waals surface area contributed by atoms with Crippen LogP contribution in [0.5, 0.6) is 11.5 Å². The van der Waals surface area contributed by atoms with Crippen molar-refractivity contribution in [3.8, 4) is 22.6 Å². The molecule has 1 aliphatic rings. The van der Waals surface area contributed by atoms with Crippen molar-refractivity contribution in [1.29, 1.82) is 0 Å². The molecule has 9 rings (SSSR count). The van der Waals surface area contributed by atoms with Gasteiger partial charge in [0, 0.05) is 41.7 Å². The first-order valence-corrected chi connectivity index (χ1v) is 18.4. The molecule has 1 aliphatic carbocycles. The molecule has 0 fully saturated rings. The standard InChI is InChI=1S/C51H36N2O2.Zn/c54-47-25-13-9-21-43(47)49(35-15-3-1-4-16-35)52-39-31-27-37(28-32-39)51(45-23-11-7-19-41(45)42-20-8-12-24-46(42)51)38-29-33-40(34-30-38)53-50(36-17-5-2-6-18-36)44-22-10-14-26-48(44)55;/h1-34,54-55H;. The van der Waals surface area contributed by atoms with Crippen LogP contribution in [0.2, 0.25) is 0 Å². The minimum absolute atomic E-state index is 0. The van der Waals surface area contributed by atoms with Crippen molar-refractivity contribution < 1.29 is 29.7 Å². The van der Waals surface area contributed by atoms with Gasteiger partial charge in [0.05, 0.1) is 28.2 Å². The Balaban J connectivity index is 0.00000441. The van der Waals surface area contributed by atoms with E-state index in [0.29, 0.717) is 22.6 Å². The molecule has 8 aromatic rings. The van der Waals surface area contributed by atoms with Gasteiger partial charge in [-0.05, 0) is 81.9 Å². The number of aliphatic imine (C=N–C) groups is 2. The quantitative estimate of drug-likeness (QED) is 0.119. The Morgan fingerprint density at radius 1 is 0.357 bits per heavy atom. The normalized spacial score (nSPS) is 13.0. The summed E-state index contributed by atoms with van der Waals surface area (Å²) < 4.78 is 0. The Kier molecular flexibility index (Phi) is 10.1. The predicted molar refractivity (Wildman–Crippen MR) is 223 cm³/mol. The van der Waals surface area contributed by atoms with Crippen molar-refractivity contribution in [2.24, 2.45) is 9.98 Å². The van der Waals surface area contributed by atoms with Crippen LogP contribution in [-0.2, 0) is 24.9 Å². The smallest absolute Gasteiger partial charge is 0.124 e. The predicted octanol–water partition coefficient (Wildman–Crippen LogP) is 11.8. The molecule has 0 amide bonds. The van der Waals surface area contributed by atoms with Crippen LogP contribution in [0.15, 0.2) is 216 Å². The number of phenolic OH excluding ortho intramolecular Hbond substituents is 2. The van der Waals surface area contributed by atoms with Crippen LogP contribution in [0.25, 0.3) is 11.1 Å². The largest absolute Gasteiger partial charge is 0.507 e. The van der Waals surface area contributed by atoms with Gasteiger partial charge in [0.1, 0.15) is 11.5 Å². The molecule has 0 saturated heterocycles. The summed E-state index contributed by atoms with van der Waals surface area (Å²) in [6.07, 6.45) is 0. The number of benzene rings is 8. The fourth-order valence-electron chi connectivity index (χ4n) is 7.95. The van der Waals surface area contributed by atoms with E-state index in [4.69, 9.17) is 9.98 Å². The topological polar surface area (TPSA) is 65.2 Å². The maximum Gasteiger partial charge on any atom is 0.124 e. The average molecular weight is 774 g/mol. The van der Waals surface area contributed by atoms with E-state index >= 15 is 0 Å². The molecule has 0 saturated carbocycles.